The molecule has 0 amide bonds. The van der Waals surface area contributed by atoms with Gasteiger partial charge in [0.05, 0.1) is 18.5 Å². The highest BCUT2D eigenvalue weighted by molar-refractivity contribution is 8.00. The van der Waals surface area contributed by atoms with Crippen molar-refractivity contribution in [2.24, 2.45) is 5.84 Å². The normalized spacial score (nSPS) is 15.9. The van der Waals surface area contributed by atoms with Gasteiger partial charge in [-0.1, -0.05) is 18.7 Å². The highest BCUT2D eigenvalue weighted by Gasteiger charge is 2.22. The van der Waals surface area contributed by atoms with Crippen LogP contribution < -0.4 is 11.3 Å². The van der Waals surface area contributed by atoms with E-state index in [1.165, 1.54) is 4.88 Å². The summed E-state index contributed by atoms with van der Waals surface area (Å²) in [7, 11) is 0. The number of thiophene rings is 1. The number of thioether (sulfide) groups is 1. The molecule has 3 N–H and O–H groups in total. The number of ether oxygens (including phenoxy) is 1. The molecule has 2 aromatic heterocycles. The first-order chi connectivity index (χ1) is 8.80. The fraction of sp³-hybridized carbons (Fsp3) is 0.455. The Kier molecular flexibility index (Phi) is 3.38. The summed E-state index contributed by atoms with van der Waals surface area (Å²) in [6.07, 6.45) is 1.02. The number of nitrogen functional groups attached to an aromatic ring is 1. The number of fused-ring (bicyclic) bond motifs is 1. The number of hydrazine groups is 1. The maximum atomic E-state index is 5.42. The van der Waals surface area contributed by atoms with Gasteiger partial charge in [-0.3, -0.25) is 5.43 Å². The van der Waals surface area contributed by atoms with Gasteiger partial charge in [0.25, 0.3) is 0 Å². The number of aromatic nitrogens is 2. The molecule has 0 unspecified atom stereocenters. The lowest BCUT2D eigenvalue weighted by atomic mass is 10.3. The molecule has 1 saturated heterocycles. The predicted molar refractivity (Wildman–Crippen MR) is 75.1 cm³/mol. The van der Waals surface area contributed by atoms with Gasteiger partial charge >= 0.3 is 0 Å². The van der Waals surface area contributed by atoms with Crippen LogP contribution >= 0.6 is 23.1 Å². The maximum Gasteiger partial charge on any atom is 0.239 e. The van der Waals surface area contributed by atoms with Gasteiger partial charge in [-0.2, -0.15) is 0 Å². The molecule has 0 saturated carbocycles. The van der Waals surface area contributed by atoms with Crippen molar-refractivity contribution < 1.29 is 4.74 Å². The molecule has 0 bridgehead atoms. The molecule has 1 aliphatic heterocycles. The molecule has 96 valence electrons. The molecule has 7 heteroatoms. The zero-order valence-electron chi connectivity index (χ0n) is 9.97. The smallest absolute Gasteiger partial charge is 0.239 e. The van der Waals surface area contributed by atoms with E-state index in [1.807, 2.05) is 0 Å². The van der Waals surface area contributed by atoms with Crippen LogP contribution in [0.4, 0.5) is 5.95 Å². The second-order valence-corrected chi connectivity index (χ2v) is 6.46. The zero-order valence-corrected chi connectivity index (χ0v) is 11.6. The summed E-state index contributed by atoms with van der Waals surface area (Å²) in [5.74, 6) is 5.90. The van der Waals surface area contributed by atoms with Crippen LogP contribution in [0.3, 0.4) is 0 Å². The van der Waals surface area contributed by atoms with E-state index in [9.17, 15) is 0 Å². The molecule has 0 radical (unpaired) electrons. The summed E-state index contributed by atoms with van der Waals surface area (Å²) in [5, 5.41) is 2.63. The summed E-state index contributed by atoms with van der Waals surface area (Å²) >= 11 is 3.45. The first-order valence-electron chi connectivity index (χ1n) is 5.81. The van der Waals surface area contributed by atoms with Gasteiger partial charge in [0.2, 0.25) is 5.95 Å². The number of hydrogen-bond donors (Lipinski definition) is 2. The Morgan fingerprint density at radius 3 is 3.00 bits per heavy atom. The summed E-state index contributed by atoms with van der Waals surface area (Å²) < 4.78 is 5.20. The molecule has 18 heavy (non-hydrogen) atoms. The van der Waals surface area contributed by atoms with Crippen LogP contribution in [0.1, 0.15) is 11.8 Å². The molecule has 0 atom stereocenters. The second-order valence-electron chi connectivity index (χ2n) is 4.06. The van der Waals surface area contributed by atoms with Crippen LogP contribution in [0, 0.1) is 0 Å². The molecule has 1 fully saturated rings. The van der Waals surface area contributed by atoms with E-state index in [0.717, 1.165) is 34.9 Å². The van der Waals surface area contributed by atoms with E-state index in [-0.39, 0.29) is 0 Å². The van der Waals surface area contributed by atoms with Crippen molar-refractivity contribution in [2.75, 3.05) is 18.6 Å². The fourth-order valence-corrected chi connectivity index (χ4v) is 3.81. The lowest BCUT2D eigenvalue weighted by Crippen LogP contribution is -2.30. The van der Waals surface area contributed by atoms with Crippen molar-refractivity contribution >= 4 is 39.3 Å². The van der Waals surface area contributed by atoms with Gasteiger partial charge < -0.3 is 4.74 Å². The molecule has 1 aliphatic rings. The third-order valence-electron chi connectivity index (χ3n) is 2.77. The molecular weight excluding hydrogens is 268 g/mol. The average molecular weight is 282 g/mol. The van der Waals surface area contributed by atoms with Gasteiger partial charge in [-0.05, 0) is 12.5 Å². The number of hydrogen-bond acceptors (Lipinski definition) is 7. The Morgan fingerprint density at radius 2 is 2.39 bits per heavy atom. The third-order valence-corrected chi connectivity index (χ3v) is 5.09. The highest BCUT2D eigenvalue weighted by Crippen LogP contribution is 2.35. The Labute approximate surface area is 113 Å². The van der Waals surface area contributed by atoms with Crippen molar-refractivity contribution in [3.8, 4) is 0 Å². The van der Waals surface area contributed by atoms with Gasteiger partial charge in [0.1, 0.15) is 9.86 Å². The fourth-order valence-electron chi connectivity index (χ4n) is 1.71. The molecule has 5 nitrogen and oxygen atoms in total. The zero-order chi connectivity index (χ0) is 12.5. The number of aryl methyl sites for hydroxylation is 1. The molecule has 2 aromatic rings. The minimum absolute atomic E-state index is 0.481. The quantitative estimate of drug-likeness (QED) is 0.508. The van der Waals surface area contributed by atoms with E-state index in [2.05, 4.69) is 28.4 Å². The van der Waals surface area contributed by atoms with Gasteiger partial charge in [0, 0.05) is 10.3 Å². The molecule has 0 aliphatic carbocycles. The Morgan fingerprint density at radius 1 is 1.56 bits per heavy atom. The average Bonchev–Trinajstić information content (AvgIpc) is 2.76. The van der Waals surface area contributed by atoms with E-state index < -0.39 is 0 Å². The maximum absolute atomic E-state index is 5.42. The van der Waals surface area contributed by atoms with E-state index in [4.69, 9.17) is 10.6 Å². The number of rotatable bonds is 4. The number of anilines is 1. The summed E-state index contributed by atoms with van der Waals surface area (Å²) in [4.78, 5) is 11.2. The van der Waals surface area contributed by atoms with E-state index >= 15 is 0 Å². The van der Waals surface area contributed by atoms with Crippen molar-refractivity contribution in [2.45, 2.75) is 23.6 Å². The van der Waals surface area contributed by atoms with E-state index in [1.54, 1.807) is 23.1 Å². The predicted octanol–water partition coefficient (Wildman–Crippen LogP) is 2.03. The number of nitrogens with two attached hydrogens (primary N) is 1. The van der Waals surface area contributed by atoms with Crippen molar-refractivity contribution in [1.82, 2.24) is 9.97 Å². The van der Waals surface area contributed by atoms with Crippen LogP contribution in [0.2, 0.25) is 0 Å². The Bertz CT molecular complexity index is 567. The van der Waals surface area contributed by atoms with Crippen LogP contribution in [0.25, 0.3) is 10.2 Å². The molecule has 3 rings (SSSR count). The lowest BCUT2D eigenvalue weighted by Gasteiger charge is -2.24. The Balaban J connectivity index is 2.04. The van der Waals surface area contributed by atoms with Crippen LogP contribution in [-0.2, 0) is 11.2 Å². The number of nitrogens with one attached hydrogen (secondary N) is 1. The minimum atomic E-state index is 0.481. The van der Waals surface area contributed by atoms with E-state index in [0.29, 0.717) is 11.2 Å². The molecule has 0 aromatic carbocycles. The van der Waals surface area contributed by atoms with Gasteiger partial charge in [-0.25, -0.2) is 15.8 Å². The van der Waals surface area contributed by atoms with Crippen molar-refractivity contribution in [1.29, 1.82) is 0 Å². The summed E-state index contributed by atoms with van der Waals surface area (Å²) in [6, 6.07) is 2.18. The third kappa shape index (κ3) is 2.18. The molecule has 0 spiro atoms. The molecular formula is C11H14N4OS2. The largest absolute Gasteiger partial charge is 0.379 e. The first-order valence-corrected chi connectivity index (χ1v) is 7.51. The topological polar surface area (TPSA) is 73.1 Å². The monoisotopic (exact) mass is 282 g/mol. The van der Waals surface area contributed by atoms with Crippen molar-refractivity contribution in [3.05, 3.63) is 10.9 Å². The SMILES string of the molecule is CCc1cc2c(SC3COC3)nc(NN)nc2s1. The van der Waals surface area contributed by atoms with Crippen molar-refractivity contribution in [3.63, 3.8) is 0 Å². The van der Waals surface area contributed by atoms with Crippen LogP contribution in [-0.4, -0.2) is 28.4 Å². The summed E-state index contributed by atoms with van der Waals surface area (Å²) in [5.41, 5.74) is 2.54. The van der Waals surface area contributed by atoms with Gasteiger partial charge in [-0.15, -0.1) is 11.3 Å². The molecule has 3 heterocycles. The number of nitrogens with zero attached hydrogens (tertiary/aromatic N) is 2. The lowest BCUT2D eigenvalue weighted by molar-refractivity contribution is 0.0455. The van der Waals surface area contributed by atoms with Crippen LogP contribution in [0.15, 0.2) is 11.1 Å². The standard InChI is InChI=1S/C11H14N4OS2/c1-2-6-3-8-9(17-6)13-11(15-12)14-10(8)18-7-4-16-5-7/h3,7H,2,4-5,12H2,1H3,(H,13,14,15). The van der Waals surface area contributed by atoms with Crippen LogP contribution in [0.5, 0.6) is 0 Å². The minimum Gasteiger partial charge on any atom is -0.379 e. The highest BCUT2D eigenvalue weighted by atomic mass is 32.2. The second kappa shape index (κ2) is 5.00. The Hall–Kier alpha value is -0.890. The van der Waals surface area contributed by atoms with Gasteiger partial charge in [0.15, 0.2) is 0 Å². The summed E-state index contributed by atoms with van der Waals surface area (Å²) in [6.45, 7) is 3.74. The first kappa shape index (κ1) is 12.2.